The number of hydrogen-bond donors (Lipinski definition) is 0. The summed E-state index contributed by atoms with van der Waals surface area (Å²) in [6, 6.07) is 13.7. The fraction of sp³-hybridized carbons (Fsp3) is 0.308. The number of benzene rings is 2. The molecule has 1 unspecified atom stereocenters. The SMILES string of the molecule is CC1=Cc2c(cc3c(c2-c2ccccc2)CCC3)C1[Si](C)(C)C1=CC=CC1. The molecule has 3 aliphatic carbocycles. The second kappa shape index (κ2) is 6.20. The van der Waals surface area contributed by atoms with Crippen molar-refractivity contribution >= 4 is 14.1 Å². The molecule has 0 spiro atoms. The van der Waals surface area contributed by atoms with Gasteiger partial charge in [0.25, 0.3) is 0 Å². The highest BCUT2D eigenvalue weighted by molar-refractivity contribution is 6.86. The predicted octanol–water partition coefficient (Wildman–Crippen LogP) is 7.02. The molecule has 1 heteroatoms. The highest BCUT2D eigenvalue weighted by Crippen LogP contribution is 2.50. The smallest absolute Gasteiger partial charge is 0.0809 e. The first-order valence-corrected chi connectivity index (χ1v) is 13.4. The lowest BCUT2D eigenvalue weighted by Crippen LogP contribution is -2.37. The quantitative estimate of drug-likeness (QED) is 0.511. The van der Waals surface area contributed by atoms with Crippen LogP contribution < -0.4 is 0 Å². The summed E-state index contributed by atoms with van der Waals surface area (Å²) in [7, 11) is -1.58. The largest absolute Gasteiger partial charge is 0.0876 e. The molecule has 0 aromatic heterocycles. The molecular formula is C26H28Si. The third kappa shape index (κ3) is 2.56. The lowest BCUT2D eigenvalue weighted by Gasteiger charge is -2.34. The molecule has 0 fully saturated rings. The molecule has 2 aromatic rings. The van der Waals surface area contributed by atoms with Crippen LogP contribution in [-0.4, -0.2) is 8.07 Å². The summed E-state index contributed by atoms with van der Waals surface area (Å²) in [6.07, 6.45) is 14.5. The van der Waals surface area contributed by atoms with Crippen molar-refractivity contribution in [2.24, 2.45) is 0 Å². The summed E-state index contributed by atoms with van der Waals surface area (Å²) in [6.45, 7) is 7.54. The van der Waals surface area contributed by atoms with Crippen molar-refractivity contribution in [1.82, 2.24) is 0 Å². The Morgan fingerprint density at radius 1 is 1.04 bits per heavy atom. The van der Waals surface area contributed by atoms with Gasteiger partial charge in [0, 0.05) is 5.54 Å². The molecule has 0 heterocycles. The zero-order valence-corrected chi connectivity index (χ0v) is 17.7. The molecule has 0 N–H and O–H groups in total. The lowest BCUT2D eigenvalue weighted by atomic mass is 9.89. The monoisotopic (exact) mass is 368 g/mol. The van der Waals surface area contributed by atoms with E-state index >= 15 is 0 Å². The van der Waals surface area contributed by atoms with Crippen LogP contribution in [0.4, 0.5) is 0 Å². The molecule has 1 atom stereocenters. The van der Waals surface area contributed by atoms with Crippen molar-refractivity contribution < 1.29 is 0 Å². The second-order valence-electron chi connectivity index (χ2n) is 8.98. The third-order valence-electron chi connectivity index (χ3n) is 6.99. The minimum absolute atomic E-state index is 0.618. The van der Waals surface area contributed by atoms with E-state index in [1.807, 2.05) is 0 Å². The summed E-state index contributed by atoms with van der Waals surface area (Å²) in [5, 5.41) is 1.70. The van der Waals surface area contributed by atoms with E-state index in [2.05, 4.69) is 80.7 Å². The van der Waals surface area contributed by atoms with Crippen LogP contribution in [0.3, 0.4) is 0 Å². The van der Waals surface area contributed by atoms with Crippen LogP contribution in [0, 0.1) is 0 Å². The van der Waals surface area contributed by atoms with Crippen molar-refractivity contribution in [2.45, 2.75) is 51.2 Å². The first kappa shape index (κ1) is 17.0. The molecule has 0 nitrogen and oxygen atoms in total. The molecule has 0 amide bonds. The molecule has 2 aromatic carbocycles. The Balaban J connectivity index is 1.73. The zero-order chi connectivity index (χ0) is 18.6. The maximum Gasteiger partial charge on any atom is 0.0876 e. The van der Waals surface area contributed by atoms with E-state index in [9.17, 15) is 0 Å². The zero-order valence-electron chi connectivity index (χ0n) is 16.7. The molecule has 0 aliphatic heterocycles. The van der Waals surface area contributed by atoms with Gasteiger partial charge in [0.1, 0.15) is 0 Å². The minimum atomic E-state index is -1.58. The Kier molecular flexibility index (Phi) is 3.91. The number of rotatable bonds is 3. The highest BCUT2D eigenvalue weighted by atomic mass is 28.3. The summed E-state index contributed by atoms with van der Waals surface area (Å²) in [5.74, 6) is 0. The molecule has 3 aliphatic rings. The van der Waals surface area contributed by atoms with E-state index < -0.39 is 8.07 Å². The Labute approximate surface area is 164 Å². The van der Waals surface area contributed by atoms with Crippen molar-refractivity contribution in [3.05, 3.63) is 87.6 Å². The second-order valence-corrected chi connectivity index (χ2v) is 13.6. The van der Waals surface area contributed by atoms with Crippen molar-refractivity contribution in [3.63, 3.8) is 0 Å². The van der Waals surface area contributed by atoms with Gasteiger partial charge in [-0.15, -0.1) is 0 Å². The van der Waals surface area contributed by atoms with Crippen LogP contribution in [0.15, 0.2) is 65.4 Å². The lowest BCUT2D eigenvalue weighted by molar-refractivity contribution is 0.911. The van der Waals surface area contributed by atoms with Crippen molar-refractivity contribution in [1.29, 1.82) is 0 Å². The van der Waals surface area contributed by atoms with Crippen molar-refractivity contribution in [2.75, 3.05) is 0 Å². The molecule has 5 rings (SSSR count). The number of allylic oxidation sites excluding steroid dienone is 5. The van der Waals surface area contributed by atoms with Gasteiger partial charge in [-0.3, -0.25) is 0 Å². The molecule has 27 heavy (non-hydrogen) atoms. The number of fused-ring (bicyclic) bond motifs is 2. The Bertz CT molecular complexity index is 1000. The van der Waals surface area contributed by atoms with Crippen LogP contribution in [0.25, 0.3) is 17.2 Å². The Hall–Kier alpha value is -2.12. The average Bonchev–Trinajstić information content (AvgIpc) is 3.39. The van der Waals surface area contributed by atoms with Crippen molar-refractivity contribution in [3.8, 4) is 11.1 Å². The van der Waals surface area contributed by atoms with Gasteiger partial charge in [-0.05, 0) is 66.0 Å². The summed E-state index contributed by atoms with van der Waals surface area (Å²) >= 11 is 0. The predicted molar refractivity (Wildman–Crippen MR) is 120 cm³/mol. The summed E-state index contributed by atoms with van der Waals surface area (Å²) in [4.78, 5) is 0. The fourth-order valence-corrected chi connectivity index (χ4v) is 9.52. The maximum absolute atomic E-state index is 2.60. The third-order valence-corrected chi connectivity index (χ3v) is 11.2. The van der Waals surface area contributed by atoms with E-state index in [1.54, 1.807) is 27.5 Å². The number of aryl methyl sites for hydroxylation is 1. The molecule has 0 bridgehead atoms. The van der Waals surface area contributed by atoms with Crippen LogP contribution in [0.5, 0.6) is 0 Å². The molecule has 0 saturated heterocycles. The van der Waals surface area contributed by atoms with Gasteiger partial charge in [0.2, 0.25) is 0 Å². The van der Waals surface area contributed by atoms with Crippen LogP contribution in [0.2, 0.25) is 13.1 Å². The van der Waals surface area contributed by atoms with Gasteiger partial charge in [-0.1, -0.05) is 84.6 Å². The van der Waals surface area contributed by atoms with E-state index in [4.69, 9.17) is 0 Å². The normalized spacial score (nSPS) is 20.5. The highest BCUT2D eigenvalue weighted by Gasteiger charge is 2.42. The van der Waals surface area contributed by atoms with Crippen LogP contribution >= 0.6 is 0 Å². The van der Waals surface area contributed by atoms with E-state index in [0.717, 1.165) is 6.42 Å². The fourth-order valence-electron chi connectivity index (χ4n) is 5.74. The molecular weight excluding hydrogens is 340 g/mol. The standard InChI is InChI=1S/C26H28Si/c1-18-16-23-24(26(18)27(2,3)21-13-7-8-14-21)17-20-12-9-15-22(20)25(23)19-10-5-4-6-11-19/h4-8,10-11,13,16-17,26H,9,12,14-15H2,1-3H3. The van der Waals surface area contributed by atoms with Gasteiger partial charge in [0.05, 0.1) is 8.07 Å². The van der Waals surface area contributed by atoms with Crippen LogP contribution in [0.1, 0.15) is 47.6 Å². The first-order chi connectivity index (χ1) is 13.1. The summed E-state index contributed by atoms with van der Waals surface area (Å²) < 4.78 is 0. The van der Waals surface area contributed by atoms with E-state index in [0.29, 0.717) is 5.54 Å². The Morgan fingerprint density at radius 3 is 2.59 bits per heavy atom. The summed E-state index contributed by atoms with van der Waals surface area (Å²) in [5.41, 5.74) is 11.5. The topological polar surface area (TPSA) is 0 Å². The van der Waals surface area contributed by atoms with Gasteiger partial charge < -0.3 is 0 Å². The van der Waals surface area contributed by atoms with Gasteiger partial charge in [-0.2, -0.15) is 0 Å². The maximum atomic E-state index is 2.60. The van der Waals surface area contributed by atoms with E-state index in [-0.39, 0.29) is 0 Å². The number of hydrogen-bond acceptors (Lipinski definition) is 0. The Morgan fingerprint density at radius 2 is 1.85 bits per heavy atom. The van der Waals surface area contributed by atoms with Gasteiger partial charge in [0.15, 0.2) is 0 Å². The molecule has 0 radical (unpaired) electrons. The van der Waals surface area contributed by atoms with Gasteiger partial charge in [-0.25, -0.2) is 0 Å². The van der Waals surface area contributed by atoms with Crippen LogP contribution in [-0.2, 0) is 12.8 Å². The average molecular weight is 369 g/mol. The first-order valence-electron chi connectivity index (χ1n) is 10.4. The molecule has 0 saturated carbocycles. The van der Waals surface area contributed by atoms with E-state index in [1.165, 1.54) is 36.0 Å². The van der Waals surface area contributed by atoms with Gasteiger partial charge >= 0.3 is 0 Å². The molecule has 136 valence electrons. The minimum Gasteiger partial charge on any atom is -0.0809 e.